The number of ether oxygens (including phenoxy) is 3. The molecule has 10 heteroatoms. The lowest BCUT2D eigenvalue weighted by atomic mass is 10.1. The minimum atomic E-state index is -0.849. The fourth-order valence-electron chi connectivity index (χ4n) is 5.38. The third-order valence-corrected chi connectivity index (χ3v) is 7.45. The zero-order valence-corrected chi connectivity index (χ0v) is 22.6. The molecule has 1 aliphatic carbocycles. The van der Waals surface area contributed by atoms with E-state index in [0.717, 1.165) is 5.56 Å². The molecule has 3 aliphatic rings. The molecule has 1 saturated carbocycles. The summed E-state index contributed by atoms with van der Waals surface area (Å²) >= 11 is 0. The van der Waals surface area contributed by atoms with E-state index in [1.807, 2.05) is 30.3 Å². The Labute approximate surface area is 227 Å². The van der Waals surface area contributed by atoms with E-state index in [-0.39, 0.29) is 36.8 Å². The van der Waals surface area contributed by atoms with Crippen LogP contribution in [0.25, 0.3) is 0 Å². The van der Waals surface area contributed by atoms with Crippen molar-refractivity contribution < 1.29 is 33.0 Å². The number of benzene rings is 2. The molecule has 0 bridgehead atoms. The van der Waals surface area contributed by atoms with Crippen molar-refractivity contribution in [3.05, 3.63) is 65.5 Å². The Morgan fingerprint density at radius 3 is 2.41 bits per heavy atom. The number of anilines is 1. The van der Waals surface area contributed by atoms with Gasteiger partial charge in [0.1, 0.15) is 18.0 Å². The van der Waals surface area contributed by atoms with Crippen molar-refractivity contribution >= 4 is 23.8 Å². The molecule has 2 heterocycles. The molecule has 3 amide bonds. The van der Waals surface area contributed by atoms with Crippen LogP contribution in [-0.2, 0) is 25.6 Å². The molecule has 0 spiro atoms. The van der Waals surface area contributed by atoms with Gasteiger partial charge in [-0.3, -0.25) is 14.6 Å². The van der Waals surface area contributed by atoms with E-state index in [9.17, 15) is 14.4 Å². The average Bonchev–Trinajstić information content (AvgIpc) is 3.19. The largest absolute Gasteiger partial charge is 0.444 e. The third kappa shape index (κ3) is 5.85. The Hall–Kier alpha value is -3.66. The Bertz CT molecular complexity index is 1240. The minimum Gasteiger partial charge on any atom is -0.444 e. The summed E-state index contributed by atoms with van der Waals surface area (Å²) in [5.41, 5.74) is 1.28. The van der Waals surface area contributed by atoms with Gasteiger partial charge < -0.3 is 19.1 Å². The quantitative estimate of drug-likeness (QED) is 0.520. The molecule has 1 unspecified atom stereocenters. The second kappa shape index (κ2) is 10.5. The maximum absolute atomic E-state index is 15.2. The molecular weight excluding hydrogens is 505 g/mol. The Balaban J connectivity index is 1.13. The predicted octanol–water partition coefficient (Wildman–Crippen LogP) is 4.36. The molecule has 0 aromatic heterocycles. The van der Waals surface area contributed by atoms with Gasteiger partial charge in [-0.05, 0) is 61.8 Å². The molecule has 0 radical (unpaired) electrons. The van der Waals surface area contributed by atoms with Gasteiger partial charge in [-0.1, -0.05) is 36.4 Å². The number of hydrogen-bond donors (Lipinski definition) is 0. The molecule has 0 N–H and O–H groups in total. The van der Waals surface area contributed by atoms with Crippen LogP contribution in [0.15, 0.2) is 48.5 Å². The molecule has 4 atom stereocenters. The van der Waals surface area contributed by atoms with Crippen LogP contribution in [0.2, 0.25) is 0 Å². The molecule has 2 aromatic rings. The van der Waals surface area contributed by atoms with Crippen LogP contribution in [0, 0.1) is 17.7 Å². The van der Waals surface area contributed by atoms with Gasteiger partial charge in [-0.25, -0.2) is 14.0 Å². The van der Waals surface area contributed by atoms with Crippen LogP contribution in [-0.4, -0.2) is 73.0 Å². The molecule has 2 aromatic carbocycles. The lowest BCUT2D eigenvalue weighted by molar-refractivity contribution is -0.136. The standard InChI is InChI=1S/C29H34FN3O6/c1-29(2,3)39-27(35)31(4)25-15-33(28(36)38-25)19-10-11-20(23(30)12-19)26-21-13-32(14-22(21)26)24(34)17-37-16-18-8-6-5-7-9-18/h5-12,21-22,25-26H,13-17H2,1-4H3/t21-,22+,25-,26?/m0/s1. The minimum absolute atomic E-state index is 0.0259. The van der Waals surface area contributed by atoms with E-state index in [1.165, 1.54) is 22.9 Å². The second-order valence-corrected chi connectivity index (χ2v) is 11.4. The van der Waals surface area contributed by atoms with Crippen molar-refractivity contribution in [2.24, 2.45) is 11.8 Å². The first-order valence-electron chi connectivity index (χ1n) is 13.1. The lowest BCUT2D eigenvalue weighted by Gasteiger charge is -2.27. The zero-order chi connectivity index (χ0) is 27.9. The SMILES string of the molecule is CN(C(=O)OC(C)(C)C)[C@@H]1CN(c2ccc(C3[C@H]4CN(C(=O)COCc5ccccc5)C[C@@H]34)c(F)c2)C(=O)O1. The summed E-state index contributed by atoms with van der Waals surface area (Å²) in [5, 5.41) is 0. The zero-order valence-electron chi connectivity index (χ0n) is 22.6. The summed E-state index contributed by atoms with van der Waals surface area (Å²) in [4.78, 5) is 41.7. The number of halogens is 1. The van der Waals surface area contributed by atoms with E-state index in [2.05, 4.69) is 0 Å². The number of rotatable bonds is 7. The number of piperidine rings is 1. The van der Waals surface area contributed by atoms with E-state index >= 15 is 4.39 Å². The molecule has 3 fully saturated rings. The van der Waals surface area contributed by atoms with Crippen molar-refractivity contribution in [2.45, 2.75) is 45.1 Å². The van der Waals surface area contributed by atoms with Gasteiger partial charge in [0.15, 0.2) is 6.23 Å². The molecule has 5 rings (SSSR count). The molecular formula is C29H34FN3O6. The Morgan fingerprint density at radius 1 is 1.08 bits per heavy atom. The number of likely N-dealkylation sites (tertiary alicyclic amines) is 1. The monoisotopic (exact) mass is 539 g/mol. The Morgan fingerprint density at radius 2 is 1.77 bits per heavy atom. The summed E-state index contributed by atoms with van der Waals surface area (Å²) in [7, 11) is 1.49. The third-order valence-electron chi connectivity index (χ3n) is 7.45. The number of carbonyl (C=O) groups excluding carboxylic acids is 3. The maximum atomic E-state index is 15.2. The van der Waals surface area contributed by atoms with Gasteiger partial charge in [-0.15, -0.1) is 0 Å². The average molecular weight is 540 g/mol. The highest BCUT2D eigenvalue weighted by Crippen LogP contribution is 2.58. The number of likely N-dealkylation sites (N-methyl/N-ethyl adjacent to an activating group) is 1. The predicted molar refractivity (Wildman–Crippen MR) is 140 cm³/mol. The van der Waals surface area contributed by atoms with Crippen LogP contribution in [0.3, 0.4) is 0 Å². The molecule has 9 nitrogen and oxygen atoms in total. The summed E-state index contributed by atoms with van der Waals surface area (Å²) in [6.45, 7) is 6.89. The topological polar surface area (TPSA) is 88.6 Å². The fraction of sp³-hybridized carbons (Fsp3) is 0.483. The van der Waals surface area contributed by atoms with Gasteiger partial charge in [0.05, 0.1) is 18.8 Å². The van der Waals surface area contributed by atoms with Crippen molar-refractivity contribution in [2.75, 3.05) is 38.2 Å². The second-order valence-electron chi connectivity index (χ2n) is 11.4. The van der Waals surface area contributed by atoms with Crippen LogP contribution >= 0.6 is 0 Å². The van der Waals surface area contributed by atoms with Crippen molar-refractivity contribution in [3.63, 3.8) is 0 Å². The van der Waals surface area contributed by atoms with E-state index < -0.39 is 29.8 Å². The summed E-state index contributed by atoms with van der Waals surface area (Å²) in [5.74, 6) is 0.0304. The Kier molecular flexibility index (Phi) is 7.24. The van der Waals surface area contributed by atoms with E-state index in [1.54, 1.807) is 37.8 Å². The first-order chi connectivity index (χ1) is 18.5. The molecule has 2 saturated heterocycles. The summed E-state index contributed by atoms with van der Waals surface area (Å²) in [6, 6.07) is 14.4. The highest BCUT2D eigenvalue weighted by atomic mass is 19.1. The number of carbonyl (C=O) groups is 3. The molecule has 208 valence electrons. The highest BCUT2D eigenvalue weighted by molar-refractivity contribution is 5.90. The van der Waals surface area contributed by atoms with Crippen LogP contribution < -0.4 is 4.90 Å². The summed E-state index contributed by atoms with van der Waals surface area (Å²) in [6.07, 6.45) is -2.12. The van der Waals surface area contributed by atoms with Crippen molar-refractivity contribution in [1.82, 2.24) is 9.80 Å². The summed E-state index contributed by atoms with van der Waals surface area (Å²) < 4.78 is 31.5. The maximum Gasteiger partial charge on any atom is 0.416 e. The van der Waals surface area contributed by atoms with Gasteiger partial charge in [-0.2, -0.15) is 0 Å². The number of fused-ring (bicyclic) bond motifs is 1. The number of amides is 3. The number of cyclic esters (lactones) is 1. The van der Waals surface area contributed by atoms with Gasteiger partial charge in [0, 0.05) is 20.1 Å². The van der Waals surface area contributed by atoms with Crippen LogP contribution in [0.4, 0.5) is 19.7 Å². The van der Waals surface area contributed by atoms with E-state index in [0.29, 0.717) is 30.9 Å². The van der Waals surface area contributed by atoms with Crippen LogP contribution in [0.5, 0.6) is 0 Å². The normalized spacial score (nSPS) is 23.9. The van der Waals surface area contributed by atoms with Crippen molar-refractivity contribution in [1.29, 1.82) is 0 Å². The van der Waals surface area contributed by atoms with Crippen molar-refractivity contribution in [3.8, 4) is 0 Å². The van der Waals surface area contributed by atoms with Gasteiger partial charge in [0.25, 0.3) is 0 Å². The number of hydrogen-bond acceptors (Lipinski definition) is 6. The molecule has 2 aliphatic heterocycles. The molecule has 39 heavy (non-hydrogen) atoms. The first kappa shape index (κ1) is 26.9. The number of nitrogens with zero attached hydrogens (tertiary/aromatic N) is 3. The van der Waals surface area contributed by atoms with Gasteiger partial charge >= 0.3 is 12.2 Å². The first-order valence-corrected chi connectivity index (χ1v) is 13.1. The van der Waals surface area contributed by atoms with Gasteiger partial charge in [0.2, 0.25) is 5.91 Å². The smallest absolute Gasteiger partial charge is 0.416 e. The van der Waals surface area contributed by atoms with Crippen LogP contribution in [0.1, 0.15) is 37.8 Å². The highest BCUT2D eigenvalue weighted by Gasteiger charge is 2.57. The van der Waals surface area contributed by atoms with E-state index in [4.69, 9.17) is 14.2 Å². The fourth-order valence-corrected chi connectivity index (χ4v) is 5.38. The lowest BCUT2D eigenvalue weighted by Crippen LogP contribution is -2.42.